The van der Waals surface area contributed by atoms with Crippen molar-refractivity contribution in [3.8, 4) is 0 Å². The number of nitrogens with zero attached hydrogens (tertiary/aromatic N) is 1. The second-order valence-electron chi connectivity index (χ2n) is 11.1. The van der Waals surface area contributed by atoms with Gasteiger partial charge in [-0.15, -0.1) is 11.3 Å². The molecule has 6 nitrogen and oxygen atoms in total. The van der Waals surface area contributed by atoms with Crippen LogP contribution in [0, 0.1) is 36.0 Å². The van der Waals surface area contributed by atoms with Gasteiger partial charge in [0.15, 0.2) is 0 Å². The molecule has 0 amide bonds. The maximum Gasteiger partial charge on any atom is 0.309 e. The van der Waals surface area contributed by atoms with Gasteiger partial charge in [-0.05, 0) is 62.5 Å². The average Bonchev–Trinajstić information content (AvgIpc) is 3.38. The van der Waals surface area contributed by atoms with Gasteiger partial charge in [-0.1, -0.05) is 40.5 Å². The smallest absolute Gasteiger partial charge is 0.309 e. The van der Waals surface area contributed by atoms with Crippen LogP contribution < -0.4 is 0 Å². The molecule has 0 bridgehead atoms. The normalized spacial score (nSPS) is 36.0. The summed E-state index contributed by atoms with van der Waals surface area (Å²) >= 11 is 1.58. The lowest BCUT2D eigenvalue weighted by Crippen LogP contribution is -2.45. The topological polar surface area (TPSA) is 96.7 Å². The highest BCUT2D eigenvalue weighted by molar-refractivity contribution is 7.09. The number of hydrogen-bond acceptors (Lipinski definition) is 7. The number of carbonyl (C=O) groups excluding carboxylic acids is 2. The number of aliphatic hydroxyl groups is 2. The SMILES string of the molecule is CC(=Cc1csc(C)n1)[C@@H]1C[C@@H]2C[C@H]2CCC[C@H](C)[C@H](O)[C@@H](C)C(=O)C(C)(C)[C@@H](O)CC(=O)O1. The Hall–Kier alpha value is -1.57. The zero-order valence-electron chi connectivity index (χ0n) is 21.4. The van der Waals surface area contributed by atoms with Crippen molar-refractivity contribution in [1.82, 2.24) is 4.98 Å². The molecule has 0 aromatic carbocycles. The zero-order chi connectivity index (χ0) is 25.2. The number of aromatic nitrogens is 1. The van der Waals surface area contributed by atoms with Gasteiger partial charge in [0, 0.05) is 11.3 Å². The third kappa shape index (κ3) is 6.55. The van der Waals surface area contributed by atoms with E-state index < -0.39 is 29.5 Å². The van der Waals surface area contributed by atoms with Crippen LogP contribution in [0.15, 0.2) is 11.0 Å². The molecular weight excluding hydrogens is 450 g/mol. The summed E-state index contributed by atoms with van der Waals surface area (Å²) in [5, 5.41) is 24.6. The lowest BCUT2D eigenvalue weighted by atomic mass is 9.73. The van der Waals surface area contributed by atoms with Gasteiger partial charge in [-0.25, -0.2) is 4.98 Å². The number of hydrogen-bond donors (Lipinski definition) is 2. The van der Waals surface area contributed by atoms with Gasteiger partial charge in [0.1, 0.15) is 11.9 Å². The molecular formula is C27H41NO5S. The standard InChI is InChI=1S/C27H41NO5S/c1-15-8-7-9-19-11-20(19)12-22(16(2)10-21-14-34-18(4)28-21)33-24(30)13-23(29)27(5,6)26(32)17(3)25(15)31/h10,14-15,17,19-20,22-23,25,29,31H,7-9,11-13H2,1-6H3/t15-,17+,19+,20-,22-,23-,25-/m0/s1. The van der Waals surface area contributed by atoms with Crippen molar-refractivity contribution in [1.29, 1.82) is 0 Å². The van der Waals surface area contributed by atoms with Crippen LogP contribution in [0.5, 0.6) is 0 Å². The Bertz CT molecular complexity index is 907. The monoisotopic (exact) mass is 491 g/mol. The zero-order valence-corrected chi connectivity index (χ0v) is 22.2. The molecule has 1 saturated heterocycles. The second-order valence-corrected chi connectivity index (χ2v) is 12.2. The van der Waals surface area contributed by atoms with Gasteiger partial charge in [-0.3, -0.25) is 9.59 Å². The fourth-order valence-corrected chi connectivity index (χ4v) is 5.79. The first-order valence-electron chi connectivity index (χ1n) is 12.6. The maximum absolute atomic E-state index is 13.2. The molecule has 1 aromatic heterocycles. The largest absolute Gasteiger partial charge is 0.458 e. The van der Waals surface area contributed by atoms with Crippen molar-refractivity contribution < 1.29 is 24.5 Å². The van der Waals surface area contributed by atoms with Crippen LogP contribution in [0.2, 0.25) is 0 Å². The number of ether oxygens (including phenoxy) is 1. The summed E-state index contributed by atoms with van der Waals surface area (Å²) in [7, 11) is 0. The highest BCUT2D eigenvalue weighted by atomic mass is 32.1. The highest BCUT2D eigenvalue weighted by Crippen LogP contribution is 2.47. The Morgan fingerprint density at radius 1 is 1.18 bits per heavy atom. The van der Waals surface area contributed by atoms with E-state index >= 15 is 0 Å². The summed E-state index contributed by atoms with van der Waals surface area (Å²) in [5.74, 6) is -0.234. The van der Waals surface area contributed by atoms with E-state index in [0.717, 1.165) is 48.4 Å². The molecule has 1 aliphatic carbocycles. The summed E-state index contributed by atoms with van der Waals surface area (Å²) in [6, 6.07) is 0. The van der Waals surface area contributed by atoms with Crippen molar-refractivity contribution in [2.24, 2.45) is 29.1 Å². The van der Waals surface area contributed by atoms with E-state index in [1.165, 1.54) is 0 Å². The van der Waals surface area contributed by atoms with Crippen LogP contribution in [0.25, 0.3) is 6.08 Å². The van der Waals surface area contributed by atoms with Crippen LogP contribution in [0.3, 0.4) is 0 Å². The third-order valence-electron chi connectivity index (χ3n) is 7.95. The van der Waals surface area contributed by atoms with E-state index in [2.05, 4.69) is 4.98 Å². The Morgan fingerprint density at radius 2 is 1.88 bits per heavy atom. The first-order chi connectivity index (χ1) is 15.9. The Labute approximate surface area is 207 Å². The predicted molar refractivity (Wildman–Crippen MR) is 134 cm³/mol. The quantitative estimate of drug-likeness (QED) is 0.568. The van der Waals surface area contributed by atoms with E-state index in [1.54, 1.807) is 32.1 Å². The number of esters is 1. The summed E-state index contributed by atoms with van der Waals surface area (Å²) in [6.07, 6.45) is 4.23. The molecule has 2 fully saturated rings. The van der Waals surface area contributed by atoms with Gasteiger partial charge in [0.25, 0.3) is 0 Å². The number of fused-ring (bicyclic) bond motifs is 1. The maximum atomic E-state index is 13.2. The number of aliphatic hydroxyl groups excluding tert-OH is 2. The van der Waals surface area contributed by atoms with Crippen molar-refractivity contribution in [2.75, 3.05) is 0 Å². The van der Waals surface area contributed by atoms with Gasteiger partial charge in [-0.2, -0.15) is 0 Å². The van der Waals surface area contributed by atoms with Crippen molar-refractivity contribution in [2.45, 2.75) is 98.4 Å². The molecule has 0 radical (unpaired) electrons. The number of aryl methyl sites for hydroxylation is 1. The van der Waals surface area contributed by atoms with E-state index in [4.69, 9.17) is 4.74 Å². The predicted octanol–water partition coefficient (Wildman–Crippen LogP) is 4.96. The van der Waals surface area contributed by atoms with Crippen LogP contribution in [-0.2, 0) is 14.3 Å². The van der Waals surface area contributed by atoms with Crippen molar-refractivity contribution >= 4 is 29.2 Å². The summed E-state index contributed by atoms with van der Waals surface area (Å²) in [5.41, 5.74) is 0.639. The number of rotatable bonds is 2. The minimum Gasteiger partial charge on any atom is -0.458 e. The van der Waals surface area contributed by atoms with Crippen LogP contribution in [0.4, 0.5) is 0 Å². The molecule has 190 valence electrons. The van der Waals surface area contributed by atoms with E-state index in [-0.39, 0.29) is 24.2 Å². The summed E-state index contributed by atoms with van der Waals surface area (Å²) < 4.78 is 5.90. The Balaban J connectivity index is 1.81. The number of cyclic esters (lactones) is 1. The van der Waals surface area contributed by atoms with Crippen LogP contribution in [-0.4, -0.2) is 45.3 Å². The first kappa shape index (κ1) is 27.0. The first-order valence-corrected chi connectivity index (χ1v) is 13.5. The molecule has 2 aliphatic rings. The average molecular weight is 492 g/mol. The van der Waals surface area contributed by atoms with Crippen LogP contribution in [0.1, 0.15) is 83.8 Å². The summed E-state index contributed by atoms with van der Waals surface area (Å²) in [4.78, 5) is 30.6. The lowest BCUT2D eigenvalue weighted by molar-refractivity contribution is -0.154. The highest BCUT2D eigenvalue weighted by Gasteiger charge is 2.43. The van der Waals surface area contributed by atoms with Gasteiger partial charge < -0.3 is 14.9 Å². The fourth-order valence-electron chi connectivity index (χ4n) is 5.22. The van der Waals surface area contributed by atoms with E-state index in [1.807, 2.05) is 32.2 Å². The second kappa shape index (κ2) is 11.0. The van der Waals surface area contributed by atoms with Crippen molar-refractivity contribution in [3.05, 3.63) is 21.7 Å². The number of thiazole rings is 1. The molecule has 1 saturated carbocycles. The van der Waals surface area contributed by atoms with E-state index in [9.17, 15) is 19.8 Å². The van der Waals surface area contributed by atoms with Crippen LogP contribution >= 0.6 is 11.3 Å². The van der Waals surface area contributed by atoms with Gasteiger partial charge in [0.2, 0.25) is 0 Å². The molecule has 0 unspecified atom stereocenters. The minimum atomic E-state index is -1.19. The number of Topliss-reactive ketones (excluding diaryl/α,β-unsaturated/α-hetero) is 1. The molecule has 1 aliphatic heterocycles. The Morgan fingerprint density at radius 3 is 2.53 bits per heavy atom. The van der Waals surface area contributed by atoms with Gasteiger partial charge >= 0.3 is 5.97 Å². The van der Waals surface area contributed by atoms with Crippen molar-refractivity contribution in [3.63, 3.8) is 0 Å². The molecule has 3 rings (SSSR count). The molecule has 2 N–H and O–H groups in total. The number of carbonyl (C=O) groups is 2. The van der Waals surface area contributed by atoms with E-state index in [0.29, 0.717) is 11.8 Å². The molecule has 7 heteroatoms. The number of ketones is 1. The summed E-state index contributed by atoms with van der Waals surface area (Å²) in [6.45, 7) is 10.9. The molecule has 0 spiro atoms. The molecule has 34 heavy (non-hydrogen) atoms. The minimum absolute atomic E-state index is 0.00135. The van der Waals surface area contributed by atoms with Gasteiger partial charge in [0.05, 0.1) is 34.7 Å². The third-order valence-corrected chi connectivity index (χ3v) is 8.74. The fraction of sp³-hybridized carbons (Fsp3) is 0.741. The molecule has 1 aromatic rings. The lowest BCUT2D eigenvalue weighted by Gasteiger charge is -2.34. The molecule has 2 heterocycles. The Kier molecular flexibility index (Phi) is 8.75. The molecule has 7 atom stereocenters.